The Morgan fingerprint density at radius 1 is 0.422 bits per heavy atom. The molecule has 3 spiro atoms. The van der Waals surface area contributed by atoms with Crippen LogP contribution in [-0.2, 0) is 120 Å². The highest BCUT2D eigenvalue weighted by molar-refractivity contribution is 5.80. The van der Waals surface area contributed by atoms with Gasteiger partial charge in [-0.1, -0.05) is 48.5 Å². The van der Waals surface area contributed by atoms with Crippen LogP contribution >= 0.6 is 0 Å². The molecule has 1 N–H and O–H groups in total. The maximum atomic E-state index is 13.6. The Balaban J connectivity index is 0.675. The number of fused-ring (bicyclic) bond motifs is 6. The molecule has 3 aliphatic carbocycles. The molecule has 12 heterocycles. The SMILES string of the molecule is CC(=O)NC(COC(=O)CCC(=O)O[C@@H]1O[C@@H]2O[C@]3(C)CC[C@H]4[C@H](C)CC[C@@H]([C@H]1C)[C@@]24OO3)(COC(=O)CCC(=O)O[C@@H]1O[C@@H]2O[C@]3(C)CC[C@H]4[C@H](C)CC[C@@H]([C@H]1C)[C@@]24OO3)COC(=O)CCC(=O)O[C@@H]1O[C@@H]2O[C@]3(C)CC[C@H]4[C@H](C)CC[C@@](C)([C@H]1C)[C@@]24OO3. The fourth-order valence-corrected chi connectivity index (χ4v) is 18.0. The van der Waals surface area contributed by atoms with Crippen molar-refractivity contribution in [3.63, 3.8) is 0 Å². The lowest BCUT2D eigenvalue weighted by molar-refractivity contribution is -0.586. The average Bonchev–Trinajstić information content (AvgIpc) is 1.27. The van der Waals surface area contributed by atoms with E-state index in [1.807, 2.05) is 20.8 Å². The van der Waals surface area contributed by atoms with Gasteiger partial charge >= 0.3 is 35.8 Å². The average molecular weight is 1280 g/mol. The van der Waals surface area contributed by atoms with Crippen LogP contribution < -0.4 is 5.32 Å². The first kappa shape index (κ1) is 65.9. The molecule has 0 radical (unpaired) electrons. The second kappa shape index (κ2) is 24.5. The topological polar surface area (TPSA) is 298 Å². The van der Waals surface area contributed by atoms with Crippen LogP contribution in [0.1, 0.15) is 192 Å². The molecule has 0 aromatic rings. The second-order valence-electron chi connectivity index (χ2n) is 29.4. The molecule has 0 aromatic carbocycles. The third kappa shape index (κ3) is 11.6. The van der Waals surface area contributed by atoms with Crippen LogP contribution in [-0.4, -0.2) is 139 Å². The monoisotopic (exact) mass is 1280 g/mol. The Morgan fingerprint density at radius 2 is 0.800 bits per heavy atom. The Kier molecular flexibility index (Phi) is 18.0. The van der Waals surface area contributed by atoms with Gasteiger partial charge < -0.3 is 62.2 Å². The van der Waals surface area contributed by atoms with Crippen LogP contribution in [0, 0.1) is 70.5 Å². The number of rotatable bonds is 19. The van der Waals surface area contributed by atoms with Crippen molar-refractivity contribution in [2.24, 2.45) is 70.5 Å². The van der Waals surface area contributed by atoms with Gasteiger partial charge in [0.25, 0.3) is 0 Å². The van der Waals surface area contributed by atoms with Crippen molar-refractivity contribution >= 4 is 41.7 Å². The van der Waals surface area contributed by atoms with Gasteiger partial charge in [0.2, 0.25) is 42.1 Å². The third-order valence-electron chi connectivity index (χ3n) is 23.4. The molecule has 12 aliphatic heterocycles. The van der Waals surface area contributed by atoms with Crippen molar-refractivity contribution in [2.45, 2.75) is 269 Å². The van der Waals surface area contributed by atoms with Gasteiger partial charge in [-0.15, -0.1) is 0 Å². The van der Waals surface area contributed by atoms with Crippen LogP contribution in [0.15, 0.2) is 0 Å². The molecule has 0 unspecified atom stereocenters. The summed E-state index contributed by atoms with van der Waals surface area (Å²) < 4.78 is 73.3. The first-order valence-corrected chi connectivity index (χ1v) is 33.0. The highest BCUT2D eigenvalue weighted by atomic mass is 17.3. The van der Waals surface area contributed by atoms with Crippen LogP contribution in [0.3, 0.4) is 0 Å². The normalized spacial score (nSPS) is 46.0. The minimum atomic E-state index is -1.94. The Labute approximate surface area is 524 Å². The van der Waals surface area contributed by atoms with Crippen molar-refractivity contribution in [2.75, 3.05) is 19.8 Å². The molecule has 15 aliphatic rings. The van der Waals surface area contributed by atoms with Gasteiger partial charge in [-0.25, -0.2) is 29.3 Å². The quantitative estimate of drug-likeness (QED) is 0.0744. The lowest BCUT2D eigenvalue weighted by atomic mass is 9.50. The zero-order valence-electron chi connectivity index (χ0n) is 53.9. The van der Waals surface area contributed by atoms with E-state index in [4.69, 9.17) is 86.2 Å². The fraction of sp³-hybridized carbons (Fsp3) is 0.891. The molecule has 12 saturated heterocycles. The van der Waals surface area contributed by atoms with E-state index in [2.05, 4.69) is 33.0 Å². The van der Waals surface area contributed by atoms with Gasteiger partial charge in [0.05, 0.1) is 38.5 Å². The molecule has 0 aromatic heterocycles. The zero-order valence-corrected chi connectivity index (χ0v) is 53.9. The second-order valence-corrected chi connectivity index (χ2v) is 29.4. The predicted molar refractivity (Wildman–Crippen MR) is 301 cm³/mol. The van der Waals surface area contributed by atoms with Gasteiger partial charge in [0.1, 0.15) is 25.4 Å². The minimum Gasteiger partial charge on any atom is -0.463 e. The van der Waals surface area contributed by atoms with Gasteiger partial charge in [-0.2, -0.15) is 0 Å². The number of amides is 1. The lowest BCUT2D eigenvalue weighted by Crippen LogP contribution is -2.74. The smallest absolute Gasteiger partial charge is 0.308 e. The molecule has 15 rings (SSSR count). The number of hydrogen-bond acceptors (Lipinski definition) is 25. The van der Waals surface area contributed by atoms with Gasteiger partial charge in [0, 0.05) is 61.2 Å². The largest absolute Gasteiger partial charge is 0.463 e. The number of nitrogens with one attached hydrogen (secondary N) is 1. The summed E-state index contributed by atoms with van der Waals surface area (Å²) in [6.07, 6.45) is 0.707. The molecule has 26 heteroatoms. The van der Waals surface area contributed by atoms with E-state index in [1.54, 1.807) is 20.8 Å². The van der Waals surface area contributed by atoms with Gasteiger partial charge in [-0.3, -0.25) is 33.6 Å². The lowest BCUT2D eigenvalue weighted by Gasteiger charge is -2.65. The predicted octanol–water partition coefficient (Wildman–Crippen LogP) is 7.48. The molecular weight excluding hydrogens is 1180 g/mol. The van der Waals surface area contributed by atoms with Crippen LogP contribution in [0.5, 0.6) is 0 Å². The van der Waals surface area contributed by atoms with Crippen molar-refractivity contribution < 1.29 is 120 Å². The van der Waals surface area contributed by atoms with Crippen LogP contribution in [0.2, 0.25) is 0 Å². The summed E-state index contributed by atoms with van der Waals surface area (Å²) in [6.45, 7) is 18.8. The zero-order chi connectivity index (χ0) is 64.1. The van der Waals surface area contributed by atoms with E-state index in [0.717, 1.165) is 64.7 Å². The molecule has 15 fully saturated rings. The third-order valence-corrected chi connectivity index (χ3v) is 23.4. The maximum absolute atomic E-state index is 13.6. The highest BCUT2D eigenvalue weighted by Gasteiger charge is 2.76. The van der Waals surface area contributed by atoms with Gasteiger partial charge in [-0.05, 0) is 114 Å². The summed E-state index contributed by atoms with van der Waals surface area (Å²) in [5.41, 5.74) is -5.24. The number of carbonyl (C=O) groups is 7. The summed E-state index contributed by atoms with van der Waals surface area (Å²) in [5.74, 6) is -9.01. The highest BCUT2D eigenvalue weighted by Crippen LogP contribution is 2.67. The minimum absolute atomic E-state index is 0.0587. The summed E-state index contributed by atoms with van der Waals surface area (Å²) >= 11 is 0. The van der Waals surface area contributed by atoms with Crippen molar-refractivity contribution in [1.82, 2.24) is 5.32 Å². The molecule has 90 heavy (non-hydrogen) atoms. The Hall–Kier alpha value is -4.19. The first-order valence-electron chi connectivity index (χ1n) is 33.0. The van der Waals surface area contributed by atoms with Crippen molar-refractivity contribution in [1.29, 1.82) is 0 Å². The molecule has 1 amide bonds. The summed E-state index contributed by atoms with van der Waals surface area (Å²) in [4.78, 5) is 131. The molecule has 26 nitrogen and oxygen atoms in total. The summed E-state index contributed by atoms with van der Waals surface area (Å²) in [7, 11) is 0. The van der Waals surface area contributed by atoms with E-state index < -0.39 is 183 Å². The van der Waals surface area contributed by atoms with E-state index in [9.17, 15) is 33.6 Å². The van der Waals surface area contributed by atoms with Gasteiger partial charge in [0.15, 0.2) is 35.7 Å². The fourth-order valence-electron chi connectivity index (χ4n) is 18.0. The standard InChI is InChI=1S/C64H93NO25/c1-33-12-14-43-36(4)51(79-54-62(43)40(33)23-27-58(9,82-54)85-88-62)76-48(70)19-16-45(67)73-30-61(65-39(7)66,31-74-46(68)17-20-49(71)77-52-37(5)44-15-13-34(2)41-24-28-59(10)83-55(80-52)63(41,44)89-86-59)32-75-47(69)18-21-50(72)78-53-38(6)57(8)26-22-35(3)42-25-29-60(11)84-56(81-53)64(42,57)90-87-60/h33-38,40-44,51-56H,12-32H2,1-11H3,(H,65,66)/t33-,34-,35-,36-,37-,38+,40+,41+,42+,43+,44+,51-,52-,53-,54-,55-,56-,57+,58+,59+,60+,62-,63-,64+/m1/s1. The van der Waals surface area contributed by atoms with Crippen LogP contribution in [0.4, 0.5) is 0 Å². The number of esters is 6. The number of carbonyl (C=O) groups excluding carboxylic acids is 7. The van der Waals surface area contributed by atoms with Crippen molar-refractivity contribution in [3.05, 3.63) is 0 Å². The molecule has 6 bridgehead atoms. The molecule has 3 saturated carbocycles. The Morgan fingerprint density at radius 3 is 1.24 bits per heavy atom. The molecular formula is C64H93NO25. The Bertz CT molecular complexity index is 2660. The molecule has 24 atom stereocenters. The number of hydrogen-bond donors (Lipinski definition) is 1. The maximum Gasteiger partial charge on any atom is 0.308 e. The summed E-state index contributed by atoms with van der Waals surface area (Å²) in [6, 6.07) is 0. The summed E-state index contributed by atoms with van der Waals surface area (Å²) in [5, 5.41) is 2.63. The first-order chi connectivity index (χ1) is 42.6. The van der Waals surface area contributed by atoms with Crippen LogP contribution in [0.25, 0.3) is 0 Å². The van der Waals surface area contributed by atoms with Crippen molar-refractivity contribution in [3.8, 4) is 0 Å². The van der Waals surface area contributed by atoms with E-state index >= 15 is 0 Å². The van der Waals surface area contributed by atoms with E-state index in [0.29, 0.717) is 37.0 Å². The number of ether oxygens (including phenoxy) is 12. The van der Waals surface area contributed by atoms with E-state index in [1.165, 1.54) is 0 Å². The van der Waals surface area contributed by atoms with E-state index in [-0.39, 0.29) is 47.3 Å². The molecule has 504 valence electrons.